The average Bonchev–Trinajstić information content (AvgIpc) is 3.29. The highest BCUT2D eigenvalue weighted by Gasteiger charge is 2.14. The standard InChI is InChI=1S/C18H15N5OS2/c1-11-6-7-14-15(8-11)26-18(21-14)22-16(24)13-5-3-2-4-12(13)9-25-17-19-10-20-23-17/h2-8,10H,9H2,1H3,(H,19,20,23)(H,21,22,24). The molecule has 2 aromatic carbocycles. The minimum atomic E-state index is -0.158. The molecule has 0 saturated carbocycles. The van der Waals surface area contributed by atoms with Crippen molar-refractivity contribution in [3.05, 3.63) is 65.5 Å². The van der Waals surface area contributed by atoms with Crippen molar-refractivity contribution >= 4 is 44.4 Å². The second-order valence-corrected chi connectivity index (χ2v) is 7.68. The van der Waals surface area contributed by atoms with Crippen molar-refractivity contribution in [3.8, 4) is 0 Å². The number of benzene rings is 2. The fraction of sp³-hybridized carbons (Fsp3) is 0.111. The highest BCUT2D eigenvalue weighted by atomic mass is 32.2. The Bertz CT molecular complexity index is 1060. The summed E-state index contributed by atoms with van der Waals surface area (Å²) >= 11 is 2.98. The summed E-state index contributed by atoms with van der Waals surface area (Å²) in [4.78, 5) is 21.3. The third kappa shape index (κ3) is 3.61. The van der Waals surface area contributed by atoms with E-state index in [1.807, 2.05) is 43.3 Å². The molecule has 2 N–H and O–H groups in total. The predicted molar refractivity (Wildman–Crippen MR) is 105 cm³/mol. The Morgan fingerprint density at radius 1 is 1.27 bits per heavy atom. The van der Waals surface area contributed by atoms with Crippen LogP contribution in [0.1, 0.15) is 21.5 Å². The third-order valence-corrected chi connectivity index (χ3v) is 5.64. The molecule has 0 spiro atoms. The molecule has 0 aliphatic rings. The number of fused-ring (bicyclic) bond motifs is 1. The molecular formula is C18H15N5OS2. The zero-order chi connectivity index (χ0) is 17.9. The number of aryl methyl sites for hydroxylation is 1. The first-order valence-corrected chi connectivity index (χ1v) is 9.74. The second kappa shape index (κ2) is 7.27. The molecular weight excluding hydrogens is 366 g/mol. The van der Waals surface area contributed by atoms with Crippen molar-refractivity contribution in [1.82, 2.24) is 20.2 Å². The first-order valence-electron chi connectivity index (χ1n) is 7.93. The van der Waals surface area contributed by atoms with Crippen molar-refractivity contribution in [2.24, 2.45) is 0 Å². The topological polar surface area (TPSA) is 83.6 Å². The molecule has 130 valence electrons. The number of thioether (sulfide) groups is 1. The molecule has 2 heterocycles. The van der Waals surface area contributed by atoms with Crippen LogP contribution in [-0.2, 0) is 5.75 Å². The number of nitrogens with one attached hydrogen (secondary N) is 2. The number of anilines is 1. The monoisotopic (exact) mass is 381 g/mol. The Kier molecular flexibility index (Phi) is 4.68. The first kappa shape index (κ1) is 16.7. The summed E-state index contributed by atoms with van der Waals surface area (Å²) in [5, 5.41) is 10.9. The summed E-state index contributed by atoms with van der Waals surface area (Å²) in [6, 6.07) is 13.6. The quantitative estimate of drug-likeness (QED) is 0.505. The fourth-order valence-corrected chi connectivity index (χ4v) is 4.27. The first-order chi connectivity index (χ1) is 12.7. The molecule has 0 atom stereocenters. The molecule has 0 aliphatic carbocycles. The van der Waals surface area contributed by atoms with Crippen LogP contribution < -0.4 is 5.32 Å². The normalized spacial score (nSPS) is 11.0. The molecule has 0 saturated heterocycles. The van der Waals surface area contributed by atoms with E-state index in [0.717, 1.165) is 20.9 Å². The number of nitrogens with zero attached hydrogens (tertiary/aromatic N) is 3. The number of carbonyl (C=O) groups excluding carboxylic acids is 1. The number of hydrogen-bond donors (Lipinski definition) is 2. The van der Waals surface area contributed by atoms with Gasteiger partial charge in [0.1, 0.15) is 6.33 Å². The second-order valence-electron chi connectivity index (χ2n) is 5.68. The number of rotatable bonds is 5. The van der Waals surface area contributed by atoms with E-state index >= 15 is 0 Å². The molecule has 0 bridgehead atoms. The van der Waals surface area contributed by atoms with Gasteiger partial charge in [-0.2, -0.15) is 5.10 Å². The molecule has 6 nitrogen and oxygen atoms in total. The predicted octanol–water partition coefficient (Wildman–Crippen LogP) is 4.27. The Morgan fingerprint density at radius 2 is 2.15 bits per heavy atom. The van der Waals surface area contributed by atoms with Crippen molar-refractivity contribution in [2.75, 3.05) is 5.32 Å². The van der Waals surface area contributed by atoms with E-state index in [2.05, 4.69) is 31.5 Å². The van der Waals surface area contributed by atoms with E-state index in [1.165, 1.54) is 35.0 Å². The lowest BCUT2D eigenvalue weighted by molar-refractivity contribution is 0.102. The zero-order valence-electron chi connectivity index (χ0n) is 13.9. The number of amides is 1. The van der Waals surface area contributed by atoms with E-state index in [-0.39, 0.29) is 5.91 Å². The minimum Gasteiger partial charge on any atom is -0.298 e. The third-order valence-electron chi connectivity index (χ3n) is 3.78. The van der Waals surface area contributed by atoms with Gasteiger partial charge in [-0.15, -0.1) is 0 Å². The fourth-order valence-electron chi connectivity index (χ4n) is 2.53. The summed E-state index contributed by atoms with van der Waals surface area (Å²) in [7, 11) is 0. The van der Waals surface area contributed by atoms with Crippen LogP contribution in [0, 0.1) is 6.92 Å². The Labute approximate surface area is 158 Å². The van der Waals surface area contributed by atoms with E-state index in [9.17, 15) is 4.79 Å². The Hall–Kier alpha value is -2.71. The van der Waals surface area contributed by atoms with E-state index in [0.29, 0.717) is 16.4 Å². The van der Waals surface area contributed by atoms with Crippen LogP contribution in [0.2, 0.25) is 0 Å². The average molecular weight is 381 g/mol. The number of H-pyrrole nitrogens is 1. The lowest BCUT2D eigenvalue weighted by Gasteiger charge is -2.07. The van der Waals surface area contributed by atoms with Gasteiger partial charge < -0.3 is 0 Å². The zero-order valence-corrected chi connectivity index (χ0v) is 15.5. The van der Waals surface area contributed by atoms with Gasteiger partial charge in [-0.05, 0) is 36.2 Å². The van der Waals surface area contributed by atoms with Crippen LogP contribution >= 0.6 is 23.1 Å². The van der Waals surface area contributed by atoms with Gasteiger partial charge in [0.2, 0.25) is 0 Å². The molecule has 2 aromatic heterocycles. The molecule has 4 rings (SSSR count). The van der Waals surface area contributed by atoms with Crippen LogP contribution in [0.4, 0.5) is 5.13 Å². The van der Waals surface area contributed by atoms with Crippen LogP contribution in [0.5, 0.6) is 0 Å². The van der Waals surface area contributed by atoms with E-state index < -0.39 is 0 Å². The maximum atomic E-state index is 12.8. The van der Waals surface area contributed by atoms with Gasteiger partial charge in [0.15, 0.2) is 10.3 Å². The molecule has 0 aliphatic heterocycles. The highest BCUT2D eigenvalue weighted by Crippen LogP contribution is 2.28. The lowest BCUT2D eigenvalue weighted by Crippen LogP contribution is -2.13. The number of thiazole rings is 1. The molecule has 1 amide bonds. The van der Waals surface area contributed by atoms with E-state index in [4.69, 9.17) is 0 Å². The van der Waals surface area contributed by atoms with Gasteiger partial charge >= 0.3 is 0 Å². The largest absolute Gasteiger partial charge is 0.298 e. The Morgan fingerprint density at radius 3 is 3.00 bits per heavy atom. The number of hydrogen-bond acceptors (Lipinski definition) is 6. The SMILES string of the molecule is Cc1ccc2nc(NC(=O)c3ccccc3CSc3ncn[nH]3)sc2c1. The summed E-state index contributed by atoms with van der Waals surface area (Å²) in [6.07, 6.45) is 1.47. The van der Waals surface area contributed by atoms with Gasteiger partial charge in [-0.3, -0.25) is 15.2 Å². The van der Waals surface area contributed by atoms with E-state index in [1.54, 1.807) is 0 Å². The molecule has 4 aromatic rings. The summed E-state index contributed by atoms with van der Waals surface area (Å²) in [6.45, 7) is 2.04. The van der Waals surface area contributed by atoms with Crippen LogP contribution in [0.25, 0.3) is 10.2 Å². The van der Waals surface area contributed by atoms with Gasteiger partial charge in [-0.1, -0.05) is 47.4 Å². The number of aromatic amines is 1. The maximum Gasteiger partial charge on any atom is 0.257 e. The van der Waals surface area contributed by atoms with Crippen LogP contribution in [0.3, 0.4) is 0 Å². The lowest BCUT2D eigenvalue weighted by atomic mass is 10.1. The van der Waals surface area contributed by atoms with Crippen LogP contribution in [0.15, 0.2) is 53.9 Å². The highest BCUT2D eigenvalue weighted by molar-refractivity contribution is 7.98. The summed E-state index contributed by atoms with van der Waals surface area (Å²) in [5.74, 6) is 0.465. The number of aromatic nitrogens is 4. The molecule has 0 fully saturated rings. The Balaban J connectivity index is 1.53. The van der Waals surface area contributed by atoms with Crippen molar-refractivity contribution < 1.29 is 4.79 Å². The molecule has 0 radical (unpaired) electrons. The number of carbonyl (C=O) groups is 1. The van der Waals surface area contributed by atoms with Crippen molar-refractivity contribution in [1.29, 1.82) is 0 Å². The van der Waals surface area contributed by atoms with Gasteiger partial charge in [0.25, 0.3) is 5.91 Å². The molecule has 26 heavy (non-hydrogen) atoms. The smallest absolute Gasteiger partial charge is 0.257 e. The minimum absolute atomic E-state index is 0.158. The summed E-state index contributed by atoms with van der Waals surface area (Å²) < 4.78 is 1.06. The summed E-state index contributed by atoms with van der Waals surface area (Å²) in [5.41, 5.74) is 3.64. The van der Waals surface area contributed by atoms with Crippen molar-refractivity contribution in [2.45, 2.75) is 17.8 Å². The molecule has 8 heteroatoms. The van der Waals surface area contributed by atoms with Gasteiger partial charge in [-0.25, -0.2) is 9.97 Å². The van der Waals surface area contributed by atoms with Crippen LogP contribution in [-0.4, -0.2) is 26.1 Å². The van der Waals surface area contributed by atoms with Crippen molar-refractivity contribution in [3.63, 3.8) is 0 Å². The molecule has 0 unspecified atom stereocenters. The van der Waals surface area contributed by atoms with Gasteiger partial charge in [0, 0.05) is 11.3 Å². The van der Waals surface area contributed by atoms with Gasteiger partial charge in [0.05, 0.1) is 10.2 Å². The maximum absolute atomic E-state index is 12.8.